The molecule has 0 saturated carbocycles. The Balaban J connectivity index is 1.12. The first kappa shape index (κ1) is 41.9. The molecule has 0 amide bonds. The van der Waals surface area contributed by atoms with Crippen molar-refractivity contribution in [1.82, 2.24) is 0 Å². The average molecular weight is 1110 g/mol. The van der Waals surface area contributed by atoms with E-state index in [1.54, 1.807) is 11.3 Å². The van der Waals surface area contributed by atoms with Crippen LogP contribution in [0.4, 0.5) is 34.1 Å². The topological polar surface area (TPSA) is 6.48 Å². The zero-order valence-electron chi connectivity index (χ0n) is 58.7. The number of thiophene rings is 1. The molecule has 13 aromatic rings. The summed E-state index contributed by atoms with van der Waals surface area (Å²) in [6.45, 7) is 18.9. The lowest BCUT2D eigenvalue weighted by atomic mass is 9.36. The van der Waals surface area contributed by atoms with Gasteiger partial charge < -0.3 is 9.80 Å². The number of anilines is 6. The predicted molar refractivity (Wildman–Crippen MR) is 366 cm³/mol. The summed E-state index contributed by atoms with van der Waals surface area (Å²) in [6.07, 6.45) is 0. The Morgan fingerprint density at radius 2 is 0.857 bits per heavy atom. The summed E-state index contributed by atoms with van der Waals surface area (Å²) in [5.74, 6) is 0. The van der Waals surface area contributed by atoms with E-state index < -0.39 is 72.6 Å². The summed E-state index contributed by atoms with van der Waals surface area (Å²) < 4.78 is 96.3. The molecule has 2 aliphatic rings. The minimum atomic E-state index is -0.684. The summed E-state index contributed by atoms with van der Waals surface area (Å²) in [5, 5.41) is 7.95. The number of benzene rings is 12. The van der Waals surface area contributed by atoms with Crippen molar-refractivity contribution in [3.63, 3.8) is 0 Å². The zero-order valence-corrected chi connectivity index (χ0v) is 49.5. The molecule has 4 heteroatoms. The van der Waals surface area contributed by atoms with Crippen molar-refractivity contribution in [1.29, 1.82) is 0 Å². The molecular weight excluding hydrogens is 1030 g/mol. The molecule has 12 aromatic carbocycles. The Kier molecular flexibility index (Phi) is 9.64. The van der Waals surface area contributed by atoms with E-state index in [9.17, 15) is 11.0 Å². The number of rotatable bonds is 6. The maximum absolute atomic E-state index is 9.86. The molecule has 406 valence electrons. The maximum Gasteiger partial charge on any atom is 0.264 e. The van der Waals surface area contributed by atoms with Crippen LogP contribution in [-0.2, 0) is 16.2 Å². The lowest BCUT2D eigenvalue weighted by Gasteiger charge is -2.44. The molecule has 2 aliphatic heterocycles. The molecule has 15 rings (SSSR count). The SMILES string of the molecule is [2H]c1c([2H])c([2H])c(-c2cc(C(C)(C)C)cc(-c3c([2H])c([2H])c([2H])c([2H])c3[2H])c2N2c3cccc4c3B(c3cc(-c5ccccc5)ccc3N4c3ccc(C(C)(C)C)cc3-c3ccc4c5ccccc5c5ccccc5c4c3)c3sc4ccc(C(C)(C)C)cc4c32)c([2H])c1[2H]. The molecule has 0 unspecified atom stereocenters. The molecule has 84 heavy (non-hydrogen) atoms. The first-order valence-corrected chi connectivity index (χ1v) is 29.8. The van der Waals surface area contributed by atoms with Crippen LogP contribution < -0.4 is 25.5 Å². The fourth-order valence-corrected chi connectivity index (χ4v) is 14.5. The minimum Gasteiger partial charge on any atom is -0.311 e. The van der Waals surface area contributed by atoms with Gasteiger partial charge in [0.1, 0.15) is 0 Å². The largest absolute Gasteiger partial charge is 0.311 e. The second-order valence-electron chi connectivity index (χ2n) is 25.7. The van der Waals surface area contributed by atoms with Crippen molar-refractivity contribution in [2.45, 2.75) is 78.6 Å². The first-order chi connectivity index (χ1) is 44.7. The summed E-state index contributed by atoms with van der Waals surface area (Å²) in [4.78, 5) is 4.56. The highest BCUT2D eigenvalue weighted by Crippen LogP contribution is 2.55. The standard InChI is InChI=1S/C80H67BN2S/c1-78(2,3)55-38-42-69(63(46-55)54-36-40-62-60-32-20-19-30-58(60)59-31-21-22-33-61(59)66(62)44-54)82-70-41-37-53(50-24-13-10-14-25-50)45-68(70)81-74-71(82)34-23-35-72(74)83(76-67-47-56(79(4,5)6)39-43-73(67)84-77(76)81)75-64(51-26-15-11-16-27-51)48-57(80(7,8)9)49-65(75)52-28-17-12-18-29-52/h10-49H,1-9H3/i11D,12D,15D,16D,17D,18D,26D,27D,28D,29D. The first-order valence-electron chi connectivity index (χ1n) is 34.0. The third-order valence-corrected chi connectivity index (χ3v) is 18.7. The molecule has 2 nitrogen and oxygen atoms in total. The highest BCUT2D eigenvalue weighted by atomic mass is 32.1. The van der Waals surface area contributed by atoms with Crippen LogP contribution in [-0.4, -0.2) is 6.71 Å². The second-order valence-corrected chi connectivity index (χ2v) is 26.8. The lowest BCUT2D eigenvalue weighted by molar-refractivity contribution is 0.590. The van der Waals surface area contributed by atoms with Gasteiger partial charge in [0.15, 0.2) is 0 Å². The minimum absolute atomic E-state index is 0.0803. The van der Waals surface area contributed by atoms with Crippen LogP contribution in [0.2, 0.25) is 0 Å². The van der Waals surface area contributed by atoms with Gasteiger partial charge in [-0.1, -0.05) is 244 Å². The second kappa shape index (κ2) is 19.3. The summed E-state index contributed by atoms with van der Waals surface area (Å²) in [7, 11) is 0. The van der Waals surface area contributed by atoms with Crippen molar-refractivity contribution >= 4 is 110 Å². The molecule has 0 N–H and O–H groups in total. The van der Waals surface area contributed by atoms with Crippen molar-refractivity contribution in [2.75, 3.05) is 9.80 Å². The third kappa shape index (κ3) is 8.35. The van der Waals surface area contributed by atoms with E-state index in [0.29, 0.717) is 16.9 Å². The van der Waals surface area contributed by atoms with E-state index in [2.05, 4.69) is 215 Å². The highest BCUT2D eigenvalue weighted by Gasteiger charge is 2.47. The van der Waals surface area contributed by atoms with Crippen molar-refractivity contribution in [3.05, 3.63) is 259 Å². The van der Waals surface area contributed by atoms with Gasteiger partial charge in [0.25, 0.3) is 6.71 Å². The molecular formula is C80H67BN2S. The van der Waals surface area contributed by atoms with Crippen LogP contribution in [0.3, 0.4) is 0 Å². The molecule has 0 saturated heterocycles. The van der Waals surface area contributed by atoms with E-state index in [-0.39, 0.29) is 33.1 Å². The Hall–Kier alpha value is -8.96. The fraction of sp³-hybridized carbons (Fsp3) is 0.150. The van der Waals surface area contributed by atoms with Gasteiger partial charge in [0.05, 0.1) is 30.8 Å². The molecule has 0 atom stereocenters. The number of hydrogen-bond donors (Lipinski definition) is 0. The van der Waals surface area contributed by atoms with Crippen molar-refractivity contribution < 1.29 is 13.7 Å². The predicted octanol–water partition coefficient (Wildman–Crippen LogP) is 21.0. The lowest BCUT2D eigenvalue weighted by Crippen LogP contribution is -2.60. The van der Waals surface area contributed by atoms with Gasteiger partial charge in [-0.15, -0.1) is 11.3 Å². The summed E-state index contributed by atoms with van der Waals surface area (Å²) in [5.41, 5.74) is 12.7. The van der Waals surface area contributed by atoms with Gasteiger partial charge in [0.2, 0.25) is 0 Å². The van der Waals surface area contributed by atoms with Gasteiger partial charge in [-0.2, -0.15) is 0 Å². The summed E-state index contributed by atoms with van der Waals surface area (Å²) >= 11 is 1.69. The van der Waals surface area contributed by atoms with E-state index >= 15 is 0 Å². The Morgan fingerprint density at radius 1 is 0.345 bits per heavy atom. The molecule has 0 bridgehead atoms. The van der Waals surface area contributed by atoms with Crippen LogP contribution in [0.25, 0.3) is 86.9 Å². The van der Waals surface area contributed by atoms with E-state index in [0.717, 1.165) is 87.3 Å². The van der Waals surface area contributed by atoms with Crippen LogP contribution in [0.5, 0.6) is 0 Å². The molecule has 3 heterocycles. The average Bonchev–Trinajstić information content (AvgIpc) is 1.38. The van der Waals surface area contributed by atoms with Crippen LogP contribution in [0.1, 0.15) is 92.7 Å². The number of nitrogens with zero attached hydrogens (tertiary/aromatic N) is 2. The van der Waals surface area contributed by atoms with Crippen LogP contribution >= 0.6 is 11.3 Å². The highest BCUT2D eigenvalue weighted by molar-refractivity contribution is 7.33. The fourth-order valence-electron chi connectivity index (χ4n) is 13.2. The Labute approximate surface area is 513 Å². The molecule has 0 spiro atoms. The Bertz CT molecular complexity index is 5240. The van der Waals surface area contributed by atoms with E-state index in [4.69, 9.17) is 2.74 Å². The van der Waals surface area contributed by atoms with Gasteiger partial charge in [-0.05, 0) is 165 Å². The molecule has 0 aliphatic carbocycles. The van der Waals surface area contributed by atoms with Crippen molar-refractivity contribution in [3.8, 4) is 44.5 Å². The molecule has 0 fully saturated rings. The van der Waals surface area contributed by atoms with Gasteiger partial charge in [-0.25, -0.2) is 0 Å². The normalized spacial score (nSPS) is 14.9. The van der Waals surface area contributed by atoms with E-state index in [1.165, 1.54) is 26.9 Å². The van der Waals surface area contributed by atoms with Gasteiger partial charge >= 0.3 is 0 Å². The molecule has 1 aromatic heterocycles. The maximum atomic E-state index is 9.86. The number of fused-ring (bicyclic) bond motifs is 12. The Morgan fingerprint density at radius 3 is 1.46 bits per heavy atom. The third-order valence-electron chi connectivity index (χ3n) is 17.5. The quantitative estimate of drug-likeness (QED) is 0.121. The number of hydrogen-bond acceptors (Lipinski definition) is 3. The summed E-state index contributed by atoms with van der Waals surface area (Å²) in [6, 6.07) is 60.2. The van der Waals surface area contributed by atoms with Crippen LogP contribution in [0, 0.1) is 0 Å². The zero-order chi connectivity index (χ0) is 66.1. The smallest absolute Gasteiger partial charge is 0.264 e. The van der Waals surface area contributed by atoms with Crippen LogP contribution in [0.15, 0.2) is 242 Å². The van der Waals surface area contributed by atoms with Gasteiger partial charge in [0, 0.05) is 48.6 Å². The van der Waals surface area contributed by atoms with E-state index in [1.807, 2.05) is 39.0 Å². The molecule has 0 radical (unpaired) electrons. The monoisotopic (exact) mass is 1110 g/mol. The van der Waals surface area contributed by atoms with Gasteiger partial charge in [-0.3, -0.25) is 0 Å². The van der Waals surface area contributed by atoms with Crippen molar-refractivity contribution in [2.24, 2.45) is 0 Å².